The number of benzene rings is 2. The zero-order valence-electron chi connectivity index (χ0n) is 13.6. The van der Waals surface area contributed by atoms with Crippen molar-refractivity contribution in [2.24, 2.45) is 0 Å². The Balaban J connectivity index is 2.19. The van der Waals surface area contributed by atoms with E-state index in [9.17, 15) is 9.59 Å². The molecule has 0 aliphatic rings. The fourth-order valence-electron chi connectivity index (χ4n) is 2.76. The van der Waals surface area contributed by atoms with E-state index in [0.717, 1.165) is 5.56 Å². The summed E-state index contributed by atoms with van der Waals surface area (Å²) < 4.78 is 10.8. The molecule has 0 radical (unpaired) electrons. The lowest BCUT2D eigenvalue weighted by Crippen LogP contribution is -2.23. The smallest absolute Gasteiger partial charge is 0.318 e. The predicted molar refractivity (Wildman–Crippen MR) is 92.1 cm³/mol. The summed E-state index contributed by atoms with van der Waals surface area (Å²) in [4.78, 5) is 25.4. The molecule has 4 nitrogen and oxygen atoms in total. The SMILES string of the molecule is CCOC(=O)C(c1ccccc1)c1coc2cc(C)ccc2c1=O. The van der Waals surface area contributed by atoms with Gasteiger partial charge in [0.05, 0.1) is 23.8 Å². The monoisotopic (exact) mass is 322 g/mol. The van der Waals surface area contributed by atoms with Crippen LogP contribution < -0.4 is 5.43 Å². The van der Waals surface area contributed by atoms with Crippen molar-refractivity contribution in [3.05, 3.63) is 81.7 Å². The zero-order valence-corrected chi connectivity index (χ0v) is 13.6. The van der Waals surface area contributed by atoms with Crippen molar-refractivity contribution in [1.82, 2.24) is 0 Å². The number of ether oxygens (including phenoxy) is 1. The molecule has 0 amide bonds. The van der Waals surface area contributed by atoms with E-state index in [1.54, 1.807) is 25.1 Å². The van der Waals surface area contributed by atoms with E-state index in [4.69, 9.17) is 9.15 Å². The van der Waals surface area contributed by atoms with Crippen molar-refractivity contribution in [2.45, 2.75) is 19.8 Å². The van der Waals surface area contributed by atoms with Crippen LogP contribution in [0.25, 0.3) is 11.0 Å². The van der Waals surface area contributed by atoms with E-state index in [0.29, 0.717) is 16.5 Å². The third-order valence-electron chi connectivity index (χ3n) is 3.92. The van der Waals surface area contributed by atoms with Gasteiger partial charge in [0.2, 0.25) is 0 Å². The Morgan fingerprint density at radius 1 is 1.17 bits per heavy atom. The van der Waals surface area contributed by atoms with Crippen LogP contribution in [-0.4, -0.2) is 12.6 Å². The third kappa shape index (κ3) is 2.95. The molecule has 0 spiro atoms. The number of fused-ring (bicyclic) bond motifs is 1. The molecule has 1 unspecified atom stereocenters. The highest BCUT2D eigenvalue weighted by molar-refractivity contribution is 5.84. The van der Waals surface area contributed by atoms with Gasteiger partial charge in [-0.15, -0.1) is 0 Å². The summed E-state index contributed by atoms with van der Waals surface area (Å²) in [6.45, 7) is 3.92. The average molecular weight is 322 g/mol. The van der Waals surface area contributed by atoms with Crippen LogP contribution in [0.4, 0.5) is 0 Å². The van der Waals surface area contributed by atoms with Gasteiger partial charge in [-0.1, -0.05) is 36.4 Å². The van der Waals surface area contributed by atoms with E-state index in [-0.39, 0.29) is 17.6 Å². The molecule has 4 heteroatoms. The van der Waals surface area contributed by atoms with Gasteiger partial charge in [0.1, 0.15) is 11.5 Å². The van der Waals surface area contributed by atoms with Gasteiger partial charge in [-0.05, 0) is 37.1 Å². The Morgan fingerprint density at radius 2 is 1.92 bits per heavy atom. The van der Waals surface area contributed by atoms with Crippen molar-refractivity contribution < 1.29 is 13.9 Å². The van der Waals surface area contributed by atoms with E-state index in [1.165, 1.54) is 6.26 Å². The molecule has 3 aromatic rings. The molecule has 0 aliphatic heterocycles. The number of hydrogen-bond donors (Lipinski definition) is 0. The second-order valence-electron chi connectivity index (χ2n) is 5.62. The van der Waals surface area contributed by atoms with Crippen molar-refractivity contribution >= 4 is 16.9 Å². The van der Waals surface area contributed by atoms with Crippen LogP contribution in [0.1, 0.15) is 29.5 Å². The maximum atomic E-state index is 12.9. The second kappa shape index (κ2) is 6.71. The Morgan fingerprint density at radius 3 is 2.62 bits per heavy atom. The molecule has 0 N–H and O–H groups in total. The Bertz CT molecular complexity index is 925. The van der Waals surface area contributed by atoms with Gasteiger partial charge in [-0.3, -0.25) is 9.59 Å². The first-order valence-corrected chi connectivity index (χ1v) is 7.85. The van der Waals surface area contributed by atoms with Gasteiger partial charge in [0.15, 0.2) is 5.43 Å². The molecular formula is C20H18O4. The number of carbonyl (C=O) groups excluding carboxylic acids is 1. The van der Waals surface area contributed by atoms with Crippen molar-refractivity contribution in [2.75, 3.05) is 6.61 Å². The van der Waals surface area contributed by atoms with Crippen LogP contribution in [0.2, 0.25) is 0 Å². The minimum absolute atomic E-state index is 0.210. The van der Waals surface area contributed by atoms with Crippen LogP contribution in [0.3, 0.4) is 0 Å². The number of hydrogen-bond acceptors (Lipinski definition) is 4. The predicted octanol–water partition coefficient (Wildman–Crippen LogP) is 3.80. The van der Waals surface area contributed by atoms with E-state index < -0.39 is 11.9 Å². The molecule has 1 atom stereocenters. The van der Waals surface area contributed by atoms with Crippen LogP contribution in [0.5, 0.6) is 0 Å². The fraction of sp³-hybridized carbons (Fsp3) is 0.200. The highest BCUT2D eigenvalue weighted by Crippen LogP contribution is 2.26. The molecule has 122 valence electrons. The lowest BCUT2D eigenvalue weighted by Gasteiger charge is -2.15. The van der Waals surface area contributed by atoms with Crippen LogP contribution >= 0.6 is 0 Å². The van der Waals surface area contributed by atoms with Crippen molar-refractivity contribution in [1.29, 1.82) is 0 Å². The Hall–Kier alpha value is -2.88. The molecular weight excluding hydrogens is 304 g/mol. The minimum atomic E-state index is -0.798. The Labute approximate surface area is 139 Å². The summed E-state index contributed by atoms with van der Waals surface area (Å²) in [6, 6.07) is 14.5. The summed E-state index contributed by atoms with van der Waals surface area (Å²) >= 11 is 0. The number of carbonyl (C=O) groups is 1. The average Bonchev–Trinajstić information content (AvgIpc) is 2.58. The van der Waals surface area contributed by atoms with Gasteiger partial charge in [-0.25, -0.2) is 0 Å². The standard InChI is InChI=1S/C20H18O4/c1-3-23-20(22)18(14-7-5-4-6-8-14)16-12-24-17-11-13(2)9-10-15(17)19(16)21/h4-12,18H,3H2,1-2H3. The van der Waals surface area contributed by atoms with Crippen LogP contribution in [-0.2, 0) is 9.53 Å². The number of aryl methyl sites for hydroxylation is 1. The number of esters is 1. The normalized spacial score (nSPS) is 12.1. The number of rotatable bonds is 4. The Kier molecular flexibility index (Phi) is 4.47. The molecule has 0 saturated carbocycles. The topological polar surface area (TPSA) is 56.5 Å². The van der Waals surface area contributed by atoms with Crippen LogP contribution in [0.15, 0.2) is 64.0 Å². The summed E-state index contributed by atoms with van der Waals surface area (Å²) in [5.41, 5.74) is 2.30. The molecule has 24 heavy (non-hydrogen) atoms. The molecule has 0 aliphatic carbocycles. The van der Waals surface area contributed by atoms with Crippen LogP contribution in [0, 0.1) is 6.92 Å². The first-order valence-electron chi connectivity index (χ1n) is 7.85. The lowest BCUT2D eigenvalue weighted by atomic mass is 9.91. The van der Waals surface area contributed by atoms with E-state index in [2.05, 4.69) is 0 Å². The first-order chi connectivity index (χ1) is 11.6. The minimum Gasteiger partial charge on any atom is -0.465 e. The molecule has 0 fully saturated rings. The lowest BCUT2D eigenvalue weighted by molar-refractivity contribution is -0.143. The summed E-state index contributed by atoms with van der Waals surface area (Å²) in [6.07, 6.45) is 1.37. The molecule has 3 rings (SSSR count). The summed E-state index contributed by atoms with van der Waals surface area (Å²) in [5, 5.41) is 0.461. The maximum Gasteiger partial charge on any atom is 0.318 e. The summed E-state index contributed by atoms with van der Waals surface area (Å²) in [7, 11) is 0. The molecule has 1 aromatic heterocycles. The maximum absolute atomic E-state index is 12.9. The van der Waals surface area contributed by atoms with Gasteiger partial charge in [0, 0.05) is 0 Å². The summed E-state index contributed by atoms with van der Waals surface area (Å²) in [5.74, 6) is -1.25. The zero-order chi connectivity index (χ0) is 17.1. The van der Waals surface area contributed by atoms with Gasteiger partial charge >= 0.3 is 5.97 Å². The van der Waals surface area contributed by atoms with E-state index in [1.807, 2.05) is 37.3 Å². The van der Waals surface area contributed by atoms with Crippen molar-refractivity contribution in [3.8, 4) is 0 Å². The molecule has 0 saturated heterocycles. The highest BCUT2D eigenvalue weighted by Gasteiger charge is 2.28. The molecule has 0 bridgehead atoms. The quantitative estimate of drug-likeness (QED) is 0.686. The molecule has 1 heterocycles. The first kappa shape index (κ1) is 16.0. The molecule has 2 aromatic carbocycles. The fourth-order valence-corrected chi connectivity index (χ4v) is 2.76. The van der Waals surface area contributed by atoms with Gasteiger partial charge in [-0.2, -0.15) is 0 Å². The van der Waals surface area contributed by atoms with Gasteiger partial charge in [0.25, 0.3) is 0 Å². The largest absolute Gasteiger partial charge is 0.465 e. The van der Waals surface area contributed by atoms with Crippen molar-refractivity contribution in [3.63, 3.8) is 0 Å². The second-order valence-corrected chi connectivity index (χ2v) is 5.62. The third-order valence-corrected chi connectivity index (χ3v) is 3.92. The highest BCUT2D eigenvalue weighted by atomic mass is 16.5. The van der Waals surface area contributed by atoms with E-state index >= 15 is 0 Å². The van der Waals surface area contributed by atoms with Gasteiger partial charge < -0.3 is 9.15 Å².